The molecular weight excluding hydrogens is 187 g/mol. The quantitative estimate of drug-likeness (QED) is 0.810. The van der Waals surface area contributed by atoms with Gasteiger partial charge in [0.15, 0.2) is 0 Å². The van der Waals surface area contributed by atoms with Crippen LogP contribution < -0.4 is 4.74 Å². The number of hydrogen-bond donors (Lipinski definition) is 1. The monoisotopic (exact) mass is 198 g/mol. The third-order valence-electron chi connectivity index (χ3n) is 1.84. The van der Waals surface area contributed by atoms with Crippen molar-refractivity contribution in [2.45, 2.75) is 13.8 Å². The van der Waals surface area contributed by atoms with Crippen molar-refractivity contribution < 1.29 is 19.0 Å². The maximum Gasteiger partial charge on any atom is 0.335 e. The van der Waals surface area contributed by atoms with Crippen molar-refractivity contribution in [2.75, 3.05) is 6.61 Å². The average Bonchev–Trinajstić information content (AvgIpc) is 2.12. The van der Waals surface area contributed by atoms with Gasteiger partial charge in [0.1, 0.15) is 11.6 Å². The molecule has 0 aliphatic carbocycles. The topological polar surface area (TPSA) is 46.5 Å². The van der Waals surface area contributed by atoms with Crippen LogP contribution in [0.1, 0.15) is 22.8 Å². The highest BCUT2D eigenvalue weighted by Crippen LogP contribution is 2.22. The summed E-state index contributed by atoms with van der Waals surface area (Å²) < 4.78 is 18.3. The van der Waals surface area contributed by atoms with E-state index in [0.717, 1.165) is 6.07 Å². The van der Waals surface area contributed by atoms with Crippen LogP contribution in [0.5, 0.6) is 5.75 Å². The van der Waals surface area contributed by atoms with E-state index in [9.17, 15) is 9.18 Å². The van der Waals surface area contributed by atoms with E-state index in [1.165, 1.54) is 6.07 Å². The molecule has 0 saturated heterocycles. The summed E-state index contributed by atoms with van der Waals surface area (Å²) in [5, 5.41) is 8.67. The van der Waals surface area contributed by atoms with Gasteiger partial charge in [-0.2, -0.15) is 0 Å². The highest BCUT2D eigenvalue weighted by molar-refractivity contribution is 5.88. The zero-order chi connectivity index (χ0) is 10.7. The lowest BCUT2D eigenvalue weighted by atomic mass is 10.1. The molecule has 0 aliphatic rings. The molecule has 0 heterocycles. The number of carboxylic acids is 1. The van der Waals surface area contributed by atoms with Crippen LogP contribution in [0, 0.1) is 12.7 Å². The number of rotatable bonds is 3. The van der Waals surface area contributed by atoms with Gasteiger partial charge in [0.25, 0.3) is 0 Å². The van der Waals surface area contributed by atoms with Gasteiger partial charge in [-0.25, -0.2) is 9.18 Å². The number of halogens is 1. The van der Waals surface area contributed by atoms with Gasteiger partial charge in [-0.3, -0.25) is 0 Å². The molecular formula is C10H11FO3. The Morgan fingerprint density at radius 1 is 1.57 bits per heavy atom. The highest BCUT2D eigenvalue weighted by atomic mass is 19.1. The van der Waals surface area contributed by atoms with Crippen molar-refractivity contribution in [3.05, 3.63) is 29.1 Å². The summed E-state index contributed by atoms with van der Waals surface area (Å²) >= 11 is 0. The van der Waals surface area contributed by atoms with Crippen molar-refractivity contribution >= 4 is 5.97 Å². The van der Waals surface area contributed by atoms with Gasteiger partial charge in [0.2, 0.25) is 0 Å². The van der Waals surface area contributed by atoms with Gasteiger partial charge in [-0.15, -0.1) is 0 Å². The molecule has 14 heavy (non-hydrogen) atoms. The Labute approximate surface area is 81.1 Å². The first-order chi connectivity index (χ1) is 6.56. The predicted molar refractivity (Wildman–Crippen MR) is 49.3 cm³/mol. The summed E-state index contributed by atoms with van der Waals surface area (Å²) in [4.78, 5) is 10.6. The summed E-state index contributed by atoms with van der Waals surface area (Å²) in [5.74, 6) is -1.44. The van der Waals surface area contributed by atoms with Gasteiger partial charge in [-0.05, 0) is 26.0 Å². The molecule has 0 atom stereocenters. The number of aromatic carboxylic acids is 1. The largest absolute Gasteiger partial charge is 0.493 e. The van der Waals surface area contributed by atoms with E-state index in [1.807, 2.05) is 0 Å². The van der Waals surface area contributed by atoms with Crippen molar-refractivity contribution in [3.8, 4) is 5.75 Å². The predicted octanol–water partition coefficient (Wildman–Crippen LogP) is 2.23. The minimum atomic E-state index is -1.16. The number of ether oxygens (including phenoxy) is 1. The Hall–Kier alpha value is -1.58. The minimum Gasteiger partial charge on any atom is -0.493 e. The molecule has 1 N–H and O–H groups in total. The maximum absolute atomic E-state index is 13.2. The summed E-state index contributed by atoms with van der Waals surface area (Å²) in [6, 6.07) is 2.31. The second kappa shape index (κ2) is 4.09. The first kappa shape index (κ1) is 10.5. The number of carbonyl (C=O) groups is 1. The van der Waals surface area contributed by atoms with Crippen molar-refractivity contribution in [1.82, 2.24) is 0 Å². The van der Waals surface area contributed by atoms with Crippen LogP contribution in [-0.2, 0) is 0 Å². The third kappa shape index (κ3) is 2.02. The van der Waals surface area contributed by atoms with Crippen LogP contribution >= 0.6 is 0 Å². The molecule has 0 spiro atoms. The SMILES string of the molecule is CCOc1cc(C(=O)O)cc(F)c1C. The van der Waals surface area contributed by atoms with Crippen molar-refractivity contribution in [3.63, 3.8) is 0 Å². The van der Waals surface area contributed by atoms with Crippen LogP contribution in [0.15, 0.2) is 12.1 Å². The molecule has 0 bridgehead atoms. The lowest BCUT2D eigenvalue weighted by molar-refractivity contribution is 0.0695. The van der Waals surface area contributed by atoms with E-state index in [-0.39, 0.29) is 11.3 Å². The lowest BCUT2D eigenvalue weighted by Gasteiger charge is -2.08. The number of carboxylic acid groups (broad SMARTS) is 1. The molecule has 0 saturated carbocycles. The molecule has 3 nitrogen and oxygen atoms in total. The zero-order valence-corrected chi connectivity index (χ0v) is 8.00. The van der Waals surface area contributed by atoms with Crippen LogP contribution in [0.25, 0.3) is 0 Å². The molecule has 0 aromatic heterocycles. The van der Waals surface area contributed by atoms with Crippen LogP contribution in [-0.4, -0.2) is 17.7 Å². The highest BCUT2D eigenvalue weighted by Gasteiger charge is 2.11. The fourth-order valence-electron chi connectivity index (χ4n) is 1.08. The molecule has 4 heteroatoms. The minimum absolute atomic E-state index is 0.100. The van der Waals surface area contributed by atoms with Crippen LogP contribution in [0.4, 0.5) is 4.39 Å². The summed E-state index contributed by atoms with van der Waals surface area (Å²) in [7, 11) is 0. The number of benzene rings is 1. The second-order valence-electron chi connectivity index (χ2n) is 2.82. The first-order valence-electron chi connectivity index (χ1n) is 4.22. The molecule has 1 rings (SSSR count). The van der Waals surface area contributed by atoms with Crippen LogP contribution in [0.3, 0.4) is 0 Å². The van der Waals surface area contributed by atoms with E-state index in [2.05, 4.69) is 0 Å². The molecule has 1 aromatic rings. The average molecular weight is 198 g/mol. The first-order valence-corrected chi connectivity index (χ1v) is 4.22. The summed E-state index contributed by atoms with van der Waals surface area (Å²) in [6.07, 6.45) is 0. The lowest BCUT2D eigenvalue weighted by Crippen LogP contribution is -2.02. The van der Waals surface area contributed by atoms with Gasteiger partial charge in [0.05, 0.1) is 12.2 Å². The fraction of sp³-hybridized carbons (Fsp3) is 0.300. The molecule has 0 radical (unpaired) electrons. The normalized spacial score (nSPS) is 9.93. The summed E-state index contributed by atoms with van der Waals surface area (Å²) in [5.41, 5.74) is 0.230. The van der Waals surface area contributed by atoms with E-state index in [1.54, 1.807) is 13.8 Å². The Morgan fingerprint density at radius 2 is 2.21 bits per heavy atom. The molecule has 0 unspecified atom stereocenters. The Kier molecular flexibility index (Phi) is 3.06. The molecule has 76 valence electrons. The third-order valence-corrected chi connectivity index (χ3v) is 1.84. The van der Waals surface area contributed by atoms with Crippen molar-refractivity contribution in [1.29, 1.82) is 0 Å². The van der Waals surface area contributed by atoms with Gasteiger partial charge in [0, 0.05) is 5.56 Å². The molecule has 0 amide bonds. The second-order valence-corrected chi connectivity index (χ2v) is 2.82. The Balaban J connectivity index is 3.20. The smallest absolute Gasteiger partial charge is 0.335 e. The Morgan fingerprint density at radius 3 is 2.71 bits per heavy atom. The van der Waals surface area contributed by atoms with Gasteiger partial charge in [-0.1, -0.05) is 0 Å². The Bertz CT molecular complexity index is 361. The zero-order valence-electron chi connectivity index (χ0n) is 8.00. The van der Waals surface area contributed by atoms with E-state index in [0.29, 0.717) is 12.2 Å². The fourth-order valence-corrected chi connectivity index (χ4v) is 1.08. The van der Waals surface area contributed by atoms with E-state index in [4.69, 9.17) is 9.84 Å². The van der Waals surface area contributed by atoms with Gasteiger partial charge < -0.3 is 9.84 Å². The molecule has 0 aliphatic heterocycles. The van der Waals surface area contributed by atoms with E-state index < -0.39 is 11.8 Å². The molecule has 1 aromatic carbocycles. The maximum atomic E-state index is 13.2. The number of hydrogen-bond acceptors (Lipinski definition) is 2. The van der Waals surface area contributed by atoms with Crippen molar-refractivity contribution in [2.24, 2.45) is 0 Å². The summed E-state index contributed by atoms with van der Waals surface area (Å²) in [6.45, 7) is 3.68. The standard InChI is InChI=1S/C10H11FO3/c1-3-14-9-5-7(10(12)13)4-8(11)6(9)2/h4-5H,3H2,1-2H3,(H,12,13). The van der Waals surface area contributed by atoms with Crippen LogP contribution in [0.2, 0.25) is 0 Å². The van der Waals surface area contributed by atoms with E-state index >= 15 is 0 Å². The molecule has 0 fully saturated rings. The van der Waals surface area contributed by atoms with Gasteiger partial charge >= 0.3 is 5.97 Å².